The van der Waals surface area contributed by atoms with E-state index >= 15 is 0 Å². The summed E-state index contributed by atoms with van der Waals surface area (Å²) in [6.07, 6.45) is 5.09. The number of allylic oxidation sites excluding steroid dienone is 3. The van der Waals surface area contributed by atoms with Crippen LogP contribution in [0.15, 0.2) is 48.4 Å². The van der Waals surface area contributed by atoms with Gasteiger partial charge in [0.05, 0.1) is 18.8 Å². The van der Waals surface area contributed by atoms with Crippen LogP contribution in [0.25, 0.3) is 21.5 Å². The van der Waals surface area contributed by atoms with Crippen molar-refractivity contribution in [1.29, 1.82) is 0 Å². The van der Waals surface area contributed by atoms with Gasteiger partial charge in [0.15, 0.2) is 22.5 Å². The van der Waals surface area contributed by atoms with Crippen molar-refractivity contribution >= 4 is 34.0 Å². The molecular weight excluding hydrogens is 440 g/mol. The molecule has 35 heavy (non-hydrogen) atoms. The van der Waals surface area contributed by atoms with E-state index in [9.17, 15) is 4.79 Å². The third-order valence-electron chi connectivity index (χ3n) is 6.78. The smallest absolute Gasteiger partial charge is 0.302 e. The van der Waals surface area contributed by atoms with Gasteiger partial charge < -0.3 is 14.4 Å². The Kier molecular flexibility index (Phi) is 5.81. The van der Waals surface area contributed by atoms with Gasteiger partial charge in [-0.15, -0.1) is 0 Å². The third-order valence-corrected chi connectivity index (χ3v) is 6.78. The molecule has 7 heteroatoms. The molecule has 0 bridgehead atoms. The summed E-state index contributed by atoms with van der Waals surface area (Å²) in [5.74, 6) is 2.49. The first-order chi connectivity index (χ1) is 16.9. The van der Waals surface area contributed by atoms with Gasteiger partial charge in [-0.3, -0.25) is 4.79 Å². The van der Waals surface area contributed by atoms with Gasteiger partial charge in [-0.05, 0) is 68.3 Å². The number of anilines is 1. The van der Waals surface area contributed by atoms with Crippen LogP contribution >= 0.6 is 0 Å². The fraction of sp³-hybridized carbons (Fsp3) is 0.321. The summed E-state index contributed by atoms with van der Waals surface area (Å²) in [7, 11) is 0. The van der Waals surface area contributed by atoms with E-state index in [1.165, 1.54) is 23.6 Å². The number of carbonyl (C=O) groups excluding carboxylic acids is 1. The maximum Gasteiger partial charge on any atom is 0.302 e. The first-order valence-electron chi connectivity index (χ1n) is 12.0. The molecule has 1 aromatic heterocycles. The van der Waals surface area contributed by atoms with E-state index in [4.69, 9.17) is 16.0 Å². The van der Waals surface area contributed by atoms with Crippen LogP contribution in [0.4, 0.5) is 11.4 Å². The van der Waals surface area contributed by atoms with Crippen LogP contribution in [0.3, 0.4) is 0 Å². The zero-order valence-electron chi connectivity index (χ0n) is 20.6. The van der Waals surface area contributed by atoms with Crippen molar-refractivity contribution in [2.24, 2.45) is 0 Å². The number of rotatable bonds is 5. The van der Waals surface area contributed by atoms with Crippen LogP contribution in [0.2, 0.25) is 0 Å². The number of benzene rings is 2. The van der Waals surface area contributed by atoms with Crippen molar-refractivity contribution in [2.45, 2.75) is 47.2 Å². The normalized spacial score (nSPS) is 16.5. The van der Waals surface area contributed by atoms with Crippen LogP contribution in [0.5, 0.6) is 5.75 Å². The standard InChI is InChI=1S/C28H29N4O3/c1-6-30-25-15-18(2)19(3)16-26(25)35-27(30)10-7-21-11-12-31-23-9-8-22(29-5)17-24(23)32(28(21)31)13-14-34-20(4)33/h7-10,15-17H,6,11-14H2,1-4H3/q+1. The number of carbonyl (C=O) groups is 1. The van der Waals surface area contributed by atoms with E-state index in [0.717, 1.165) is 53.7 Å². The van der Waals surface area contributed by atoms with Gasteiger partial charge in [0.2, 0.25) is 5.88 Å². The minimum atomic E-state index is -0.295. The molecule has 0 unspecified atom stereocenters. The van der Waals surface area contributed by atoms with E-state index in [-0.39, 0.29) is 12.6 Å². The molecule has 0 saturated heterocycles. The molecule has 2 aromatic carbocycles. The summed E-state index contributed by atoms with van der Waals surface area (Å²) in [4.78, 5) is 17.2. The second kappa shape index (κ2) is 8.95. The van der Waals surface area contributed by atoms with Crippen molar-refractivity contribution in [3.63, 3.8) is 0 Å². The molecule has 0 amide bonds. The van der Waals surface area contributed by atoms with Crippen molar-refractivity contribution < 1.29 is 18.8 Å². The van der Waals surface area contributed by atoms with Gasteiger partial charge in [-0.1, -0.05) is 6.07 Å². The Labute approximate surface area is 205 Å². The molecule has 2 aliphatic heterocycles. The molecule has 5 rings (SSSR count). The lowest BCUT2D eigenvalue weighted by molar-refractivity contribution is -0.664. The largest absolute Gasteiger partial charge is 0.462 e. The molecule has 3 heterocycles. The summed E-state index contributed by atoms with van der Waals surface area (Å²) in [6, 6.07) is 10.1. The third kappa shape index (κ3) is 3.95. The number of ether oxygens (including phenoxy) is 2. The Morgan fingerprint density at radius 2 is 2.03 bits per heavy atom. The molecule has 0 radical (unpaired) electrons. The van der Waals surface area contributed by atoms with Crippen molar-refractivity contribution in [3.8, 4) is 5.75 Å². The summed E-state index contributed by atoms with van der Waals surface area (Å²) in [5.41, 5.74) is 7.40. The zero-order chi connectivity index (χ0) is 24.7. The van der Waals surface area contributed by atoms with Crippen LogP contribution in [-0.2, 0) is 22.6 Å². The topological polar surface area (TPSA) is 51.9 Å². The van der Waals surface area contributed by atoms with Gasteiger partial charge in [0, 0.05) is 25.5 Å². The number of aryl methyl sites for hydroxylation is 3. The van der Waals surface area contributed by atoms with E-state index < -0.39 is 0 Å². The number of fused-ring (bicyclic) bond motifs is 4. The molecule has 0 N–H and O–H groups in total. The van der Waals surface area contributed by atoms with Crippen LogP contribution in [0.1, 0.15) is 37.2 Å². The number of imidazole rings is 1. The number of nitrogens with zero attached hydrogens (tertiary/aromatic N) is 4. The number of aromatic nitrogens is 2. The van der Waals surface area contributed by atoms with E-state index in [1.54, 1.807) is 0 Å². The molecule has 7 nitrogen and oxygen atoms in total. The average molecular weight is 470 g/mol. The Balaban J connectivity index is 1.55. The Bertz CT molecular complexity index is 1460. The lowest BCUT2D eigenvalue weighted by Gasteiger charge is -2.15. The number of esters is 1. The first-order valence-corrected chi connectivity index (χ1v) is 12.0. The van der Waals surface area contributed by atoms with Gasteiger partial charge in [-0.25, -0.2) is 14.0 Å². The summed E-state index contributed by atoms with van der Waals surface area (Å²) < 4.78 is 15.9. The minimum absolute atomic E-state index is 0.281. The maximum absolute atomic E-state index is 11.4. The highest BCUT2D eigenvalue weighted by Gasteiger charge is 2.33. The van der Waals surface area contributed by atoms with Crippen molar-refractivity contribution in [2.75, 3.05) is 18.1 Å². The zero-order valence-corrected chi connectivity index (χ0v) is 20.6. The monoisotopic (exact) mass is 469 g/mol. The predicted octanol–water partition coefficient (Wildman–Crippen LogP) is 5.21. The van der Waals surface area contributed by atoms with Gasteiger partial charge in [0.1, 0.15) is 13.2 Å². The second-order valence-corrected chi connectivity index (χ2v) is 8.95. The van der Waals surface area contributed by atoms with Gasteiger partial charge in [-0.2, -0.15) is 0 Å². The Hall–Kier alpha value is -4.05. The minimum Gasteiger partial charge on any atom is -0.462 e. The van der Waals surface area contributed by atoms with Gasteiger partial charge in [0.25, 0.3) is 5.82 Å². The molecule has 0 saturated carbocycles. The molecule has 0 spiro atoms. The molecule has 0 fully saturated rings. The molecule has 2 aliphatic rings. The average Bonchev–Trinajstić information content (AvgIpc) is 3.49. The first kappa shape index (κ1) is 22.7. The van der Waals surface area contributed by atoms with Crippen LogP contribution in [-0.4, -0.2) is 23.7 Å². The molecular formula is C28H29N4O3+. The number of hydrogen-bond donors (Lipinski definition) is 0. The predicted molar refractivity (Wildman–Crippen MR) is 135 cm³/mol. The Morgan fingerprint density at radius 1 is 1.23 bits per heavy atom. The highest BCUT2D eigenvalue weighted by Crippen LogP contribution is 2.41. The quantitative estimate of drug-likeness (QED) is 0.293. The SMILES string of the molecule is [C-]#[N+]c1ccc2c(c1)n(CCOC(C)=O)c1[n+]2CCC1=CC=C1Oc2cc(C)c(C)cc2N1CC. The molecule has 0 aliphatic carbocycles. The lowest BCUT2D eigenvalue weighted by atomic mass is 10.1. The van der Waals surface area contributed by atoms with E-state index in [0.29, 0.717) is 12.2 Å². The highest BCUT2D eigenvalue weighted by atomic mass is 16.5. The van der Waals surface area contributed by atoms with Crippen LogP contribution in [0, 0.1) is 20.4 Å². The Morgan fingerprint density at radius 3 is 2.77 bits per heavy atom. The van der Waals surface area contributed by atoms with E-state index in [2.05, 4.69) is 63.9 Å². The molecule has 178 valence electrons. The summed E-state index contributed by atoms with van der Waals surface area (Å²) in [5, 5.41) is 0. The maximum atomic E-state index is 11.4. The molecule has 0 atom stereocenters. The summed E-state index contributed by atoms with van der Waals surface area (Å²) >= 11 is 0. The summed E-state index contributed by atoms with van der Waals surface area (Å²) in [6.45, 7) is 17.7. The highest BCUT2D eigenvalue weighted by molar-refractivity contribution is 5.81. The fourth-order valence-electron chi connectivity index (χ4n) is 4.96. The van der Waals surface area contributed by atoms with Crippen LogP contribution < -0.4 is 14.2 Å². The second-order valence-electron chi connectivity index (χ2n) is 8.95. The number of hydrogen-bond acceptors (Lipinski definition) is 4. The van der Waals surface area contributed by atoms with Gasteiger partial charge >= 0.3 is 5.97 Å². The van der Waals surface area contributed by atoms with Crippen molar-refractivity contribution in [1.82, 2.24) is 4.57 Å². The van der Waals surface area contributed by atoms with Crippen molar-refractivity contribution in [3.05, 3.63) is 76.7 Å². The van der Waals surface area contributed by atoms with E-state index in [1.807, 2.05) is 18.2 Å². The fourth-order valence-corrected chi connectivity index (χ4v) is 4.96. The lowest BCUT2D eigenvalue weighted by Crippen LogP contribution is -2.32. The molecule has 3 aromatic rings.